The third kappa shape index (κ3) is 4.25. The minimum Gasteiger partial charge on any atom is -0.468 e. The predicted octanol–water partition coefficient (Wildman–Crippen LogP) is 2.89. The van der Waals surface area contributed by atoms with Crippen molar-refractivity contribution >= 4 is 27.4 Å². The number of ether oxygens (including phenoxy) is 1. The van der Waals surface area contributed by atoms with Gasteiger partial charge in [0, 0.05) is 12.1 Å². The molecule has 0 saturated carbocycles. The number of nitro groups is 1. The Bertz CT molecular complexity index is 978. The van der Waals surface area contributed by atoms with Crippen molar-refractivity contribution in [2.75, 3.05) is 18.0 Å². The summed E-state index contributed by atoms with van der Waals surface area (Å²) in [6, 6.07) is 8.32. The van der Waals surface area contributed by atoms with E-state index in [1.807, 2.05) is 6.92 Å². The molecule has 0 aliphatic heterocycles. The summed E-state index contributed by atoms with van der Waals surface area (Å²) in [5.41, 5.74) is 2.25. The van der Waals surface area contributed by atoms with Crippen LogP contribution in [-0.2, 0) is 19.6 Å². The fourth-order valence-electron chi connectivity index (χ4n) is 2.92. The number of anilines is 1. The van der Waals surface area contributed by atoms with Gasteiger partial charge in [0.2, 0.25) is 0 Å². The first-order valence-corrected chi connectivity index (χ1v) is 9.43. The Balaban J connectivity index is 2.69. The highest BCUT2D eigenvalue weighted by molar-refractivity contribution is 7.92. The molecule has 2 aromatic carbocycles. The lowest BCUT2D eigenvalue weighted by Gasteiger charge is -2.27. The normalized spacial score (nSPS) is 11.1. The molecule has 0 saturated heterocycles. The smallest absolute Gasteiger partial charge is 0.326 e. The molecule has 0 bridgehead atoms. The van der Waals surface area contributed by atoms with Crippen LogP contribution in [0.25, 0.3) is 0 Å². The van der Waals surface area contributed by atoms with Crippen LogP contribution in [-0.4, -0.2) is 33.0 Å². The third-order valence-corrected chi connectivity index (χ3v) is 5.74. The van der Waals surface area contributed by atoms with E-state index in [1.54, 1.807) is 26.0 Å². The van der Waals surface area contributed by atoms with Gasteiger partial charge in [0.1, 0.15) is 6.54 Å². The van der Waals surface area contributed by atoms with Crippen molar-refractivity contribution in [2.24, 2.45) is 0 Å². The largest absolute Gasteiger partial charge is 0.468 e. The molecule has 0 aliphatic rings. The molecular formula is C18H20N2O6S. The Hall–Kier alpha value is -2.94. The van der Waals surface area contributed by atoms with E-state index in [9.17, 15) is 23.3 Å². The summed E-state index contributed by atoms with van der Waals surface area (Å²) in [6.45, 7) is 4.81. The van der Waals surface area contributed by atoms with Crippen molar-refractivity contribution in [2.45, 2.75) is 25.7 Å². The number of rotatable bonds is 6. The van der Waals surface area contributed by atoms with Crippen molar-refractivity contribution in [1.82, 2.24) is 0 Å². The molecule has 0 spiro atoms. The van der Waals surface area contributed by atoms with Crippen molar-refractivity contribution < 1.29 is 22.9 Å². The fourth-order valence-corrected chi connectivity index (χ4v) is 4.49. The summed E-state index contributed by atoms with van der Waals surface area (Å²) < 4.78 is 32.1. The zero-order valence-electron chi connectivity index (χ0n) is 15.4. The maximum Gasteiger partial charge on any atom is 0.326 e. The number of benzene rings is 2. The van der Waals surface area contributed by atoms with Crippen LogP contribution in [0.3, 0.4) is 0 Å². The van der Waals surface area contributed by atoms with Crippen LogP contribution in [0.15, 0.2) is 41.3 Å². The number of methoxy groups -OCH3 is 1. The first kappa shape index (κ1) is 20.4. The standard InChI is InChI=1S/C18H20N2O6S/c1-12-8-13(2)18(14(3)9-12)19(11-17(21)26-4)27(24,25)16-7-5-6-15(10-16)20(22)23/h5-10H,11H2,1-4H3. The number of nitrogens with zero attached hydrogens (tertiary/aromatic N) is 2. The van der Waals surface area contributed by atoms with Crippen molar-refractivity contribution in [3.63, 3.8) is 0 Å². The SMILES string of the molecule is COC(=O)CN(c1c(C)cc(C)cc1C)S(=O)(=O)c1cccc([N+](=O)[O-])c1. The number of nitro benzene ring substituents is 1. The van der Waals surface area contributed by atoms with Gasteiger partial charge in [0.15, 0.2) is 0 Å². The number of hydrogen-bond acceptors (Lipinski definition) is 6. The van der Waals surface area contributed by atoms with Crippen LogP contribution in [0.4, 0.5) is 11.4 Å². The summed E-state index contributed by atoms with van der Waals surface area (Å²) in [6.07, 6.45) is 0. The van der Waals surface area contributed by atoms with Gasteiger partial charge in [-0.05, 0) is 38.0 Å². The molecule has 0 atom stereocenters. The van der Waals surface area contributed by atoms with Gasteiger partial charge in [0.25, 0.3) is 15.7 Å². The Kier molecular flexibility index (Phi) is 5.85. The Morgan fingerprint density at radius 3 is 2.26 bits per heavy atom. The minimum absolute atomic E-state index is 0.278. The average molecular weight is 392 g/mol. The van der Waals surface area contributed by atoms with Gasteiger partial charge < -0.3 is 4.74 Å². The van der Waals surface area contributed by atoms with E-state index in [2.05, 4.69) is 4.74 Å². The second-order valence-electron chi connectivity index (χ2n) is 6.09. The van der Waals surface area contributed by atoms with Crippen molar-refractivity contribution in [1.29, 1.82) is 0 Å². The number of aryl methyl sites for hydroxylation is 3. The minimum atomic E-state index is -4.25. The molecule has 0 aliphatic carbocycles. The van der Waals surface area contributed by atoms with E-state index in [0.717, 1.165) is 23.0 Å². The van der Waals surface area contributed by atoms with Crippen molar-refractivity contribution in [3.05, 3.63) is 63.2 Å². The van der Waals surface area contributed by atoms with Crippen LogP contribution in [0.5, 0.6) is 0 Å². The third-order valence-electron chi connectivity index (χ3n) is 4.00. The summed E-state index contributed by atoms with van der Waals surface area (Å²) in [4.78, 5) is 22.0. The maximum absolute atomic E-state index is 13.2. The Labute approximate surface area is 157 Å². The summed E-state index contributed by atoms with van der Waals surface area (Å²) in [5.74, 6) is -0.747. The van der Waals surface area contributed by atoms with E-state index in [1.165, 1.54) is 18.2 Å². The molecule has 0 N–H and O–H groups in total. The highest BCUT2D eigenvalue weighted by Crippen LogP contribution is 2.32. The van der Waals surface area contributed by atoms with E-state index < -0.39 is 27.5 Å². The zero-order chi connectivity index (χ0) is 20.4. The van der Waals surface area contributed by atoms with E-state index in [-0.39, 0.29) is 10.6 Å². The molecule has 9 heteroatoms. The summed E-state index contributed by atoms with van der Waals surface area (Å²) in [5, 5.41) is 11.0. The highest BCUT2D eigenvalue weighted by atomic mass is 32.2. The van der Waals surface area contributed by atoms with Crippen LogP contribution in [0, 0.1) is 30.9 Å². The highest BCUT2D eigenvalue weighted by Gasteiger charge is 2.30. The lowest BCUT2D eigenvalue weighted by atomic mass is 10.1. The molecule has 144 valence electrons. The molecule has 0 unspecified atom stereocenters. The fraction of sp³-hybridized carbons (Fsp3) is 0.278. The Morgan fingerprint density at radius 1 is 1.15 bits per heavy atom. The summed E-state index contributed by atoms with van der Waals surface area (Å²) >= 11 is 0. The van der Waals surface area contributed by atoms with E-state index >= 15 is 0 Å². The second-order valence-corrected chi connectivity index (χ2v) is 7.95. The van der Waals surface area contributed by atoms with Gasteiger partial charge in [-0.15, -0.1) is 0 Å². The number of carbonyl (C=O) groups excluding carboxylic acids is 1. The Morgan fingerprint density at radius 2 is 1.74 bits per heavy atom. The van der Waals surface area contributed by atoms with Crippen molar-refractivity contribution in [3.8, 4) is 0 Å². The second kappa shape index (κ2) is 7.75. The topological polar surface area (TPSA) is 107 Å². The van der Waals surface area contributed by atoms with Gasteiger partial charge >= 0.3 is 5.97 Å². The van der Waals surface area contributed by atoms with Gasteiger partial charge in [-0.2, -0.15) is 0 Å². The van der Waals surface area contributed by atoms with Gasteiger partial charge in [-0.1, -0.05) is 23.8 Å². The van der Waals surface area contributed by atoms with E-state index in [4.69, 9.17) is 0 Å². The van der Waals surface area contributed by atoms with Crippen LogP contribution in [0.1, 0.15) is 16.7 Å². The van der Waals surface area contributed by atoms with Gasteiger partial charge in [-0.25, -0.2) is 8.42 Å². The molecule has 2 aromatic rings. The zero-order valence-corrected chi connectivity index (χ0v) is 16.2. The molecule has 2 rings (SSSR count). The quantitative estimate of drug-likeness (QED) is 0.425. The first-order valence-electron chi connectivity index (χ1n) is 7.99. The molecule has 0 amide bonds. The number of sulfonamides is 1. The number of carbonyl (C=O) groups is 1. The molecule has 8 nitrogen and oxygen atoms in total. The predicted molar refractivity (Wildman–Crippen MR) is 100 cm³/mol. The first-order chi connectivity index (χ1) is 12.6. The van der Waals surface area contributed by atoms with Gasteiger partial charge in [0.05, 0.1) is 22.6 Å². The molecule has 0 fully saturated rings. The average Bonchev–Trinajstić information content (AvgIpc) is 2.59. The van der Waals surface area contributed by atoms with Gasteiger partial charge in [-0.3, -0.25) is 19.2 Å². The molecule has 0 aromatic heterocycles. The monoisotopic (exact) mass is 392 g/mol. The van der Waals surface area contributed by atoms with Crippen LogP contribution in [0.2, 0.25) is 0 Å². The number of hydrogen-bond donors (Lipinski definition) is 0. The summed E-state index contributed by atoms with van der Waals surface area (Å²) in [7, 11) is -3.08. The molecular weight excluding hydrogens is 372 g/mol. The number of esters is 1. The maximum atomic E-state index is 13.2. The number of non-ortho nitro benzene ring substituents is 1. The lowest BCUT2D eigenvalue weighted by molar-refractivity contribution is -0.385. The molecule has 27 heavy (non-hydrogen) atoms. The lowest BCUT2D eigenvalue weighted by Crippen LogP contribution is -2.37. The molecule has 0 radical (unpaired) electrons. The van der Waals surface area contributed by atoms with Crippen LogP contribution >= 0.6 is 0 Å². The van der Waals surface area contributed by atoms with Crippen LogP contribution < -0.4 is 4.31 Å². The van der Waals surface area contributed by atoms with E-state index in [0.29, 0.717) is 16.8 Å². The molecule has 0 heterocycles.